The Kier molecular flexibility index (Phi) is 16.0. The van der Waals surface area contributed by atoms with Crippen molar-refractivity contribution in [2.75, 3.05) is 13.2 Å². The van der Waals surface area contributed by atoms with Gasteiger partial charge in [0.1, 0.15) is 0 Å². The van der Waals surface area contributed by atoms with E-state index in [4.69, 9.17) is 10.8 Å². The van der Waals surface area contributed by atoms with Crippen molar-refractivity contribution in [3.63, 3.8) is 0 Å². The summed E-state index contributed by atoms with van der Waals surface area (Å²) in [5.41, 5.74) is 7.47. The van der Waals surface area contributed by atoms with Gasteiger partial charge in [0.25, 0.3) is 0 Å². The highest BCUT2D eigenvalue weighted by Gasteiger charge is 2.34. The third-order valence-electron chi connectivity index (χ3n) is 6.03. The van der Waals surface area contributed by atoms with Gasteiger partial charge in [0.05, 0.1) is 6.61 Å². The molecule has 3 heteroatoms. The molecular weight excluding hydrogens is 356 g/mol. The van der Waals surface area contributed by atoms with Crippen molar-refractivity contribution in [1.29, 1.82) is 0 Å². The number of nitrogens with one attached hydrogen (secondary N) is 1. The lowest BCUT2D eigenvalue weighted by molar-refractivity contribution is 0.142. The van der Waals surface area contributed by atoms with Crippen LogP contribution in [0.4, 0.5) is 0 Å². The summed E-state index contributed by atoms with van der Waals surface area (Å²) < 4.78 is 0. The summed E-state index contributed by atoms with van der Waals surface area (Å²) in [6.07, 6.45) is 10.5. The molecule has 1 aromatic carbocycles. The molecular formula is C26H48N2O. The van der Waals surface area contributed by atoms with Crippen LogP contribution in [-0.2, 0) is 0 Å². The van der Waals surface area contributed by atoms with E-state index in [9.17, 15) is 0 Å². The quantitative estimate of drug-likeness (QED) is 0.538. The SMILES string of the molecule is C=CC.CC.CC1CCC(c2ccccc2)CC1.CCC1(N)CCCNC1CO. The third-order valence-corrected chi connectivity index (χ3v) is 6.03. The molecule has 1 saturated carbocycles. The van der Waals surface area contributed by atoms with Crippen LogP contribution in [0, 0.1) is 5.92 Å². The normalized spacial score (nSPS) is 28.3. The van der Waals surface area contributed by atoms with Gasteiger partial charge in [-0.15, -0.1) is 6.58 Å². The van der Waals surface area contributed by atoms with Gasteiger partial charge in [-0.1, -0.05) is 76.9 Å². The van der Waals surface area contributed by atoms with E-state index in [-0.39, 0.29) is 18.2 Å². The molecule has 3 nitrogen and oxygen atoms in total. The van der Waals surface area contributed by atoms with Crippen molar-refractivity contribution in [3.05, 3.63) is 48.6 Å². The smallest absolute Gasteiger partial charge is 0.0602 e. The number of nitrogens with two attached hydrogens (primary N) is 1. The van der Waals surface area contributed by atoms with Gasteiger partial charge >= 0.3 is 0 Å². The Morgan fingerprint density at radius 1 is 1.17 bits per heavy atom. The second-order valence-corrected chi connectivity index (χ2v) is 8.16. The zero-order valence-corrected chi connectivity index (χ0v) is 19.8. The highest BCUT2D eigenvalue weighted by molar-refractivity contribution is 5.19. The summed E-state index contributed by atoms with van der Waals surface area (Å²) >= 11 is 0. The Hall–Kier alpha value is -1.16. The largest absolute Gasteiger partial charge is 0.395 e. The first kappa shape index (κ1) is 27.8. The predicted molar refractivity (Wildman–Crippen MR) is 129 cm³/mol. The maximum Gasteiger partial charge on any atom is 0.0602 e. The highest BCUT2D eigenvalue weighted by Crippen LogP contribution is 2.35. The summed E-state index contributed by atoms with van der Waals surface area (Å²) in [7, 11) is 0. The average Bonchev–Trinajstić information content (AvgIpc) is 2.77. The van der Waals surface area contributed by atoms with Crippen molar-refractivity contribution in [2.45, 2.75) is 97.1 Å². The van der Waals surface area contributed by atoms with E-state index in [1.807, 2.05) is 20.8 Å². The summed E-state index contributed by atoms with van der Waals surface area (Å²) in [4.78, 5) is 0. The number of aliphatic hydroxyl groups is 1. The van der Waals surface area contributed by atoms with Crippen LogP contribution in [0.5, 0.6) is 0 Å². The van der Waals surface area contributed by atoms with Crippen LogP contribution in [0.25, 0.3) is 0 Å². The Morgan fingerprint density at radius 2 is 1.72 bits per heavy atom. The van der Waals surface area contributed by atoms with E-state index in [0.29, 0.717) is 0 Å². The van der Waals surface area contributed by atoms with Crippen LogP contribution in [0.3, 0.4) is 0 Å². The van der Waals surface area contributed by atoms with Gasteiger partial charge in [0.15, 0.2) is 0 Å². The molecule has 2 fully saturated rings. The first-order valence-electron chi connectivity index (χ1n) is 11.8. The standard InChI is InChI=1S/C13H18.C8H18N2O.C3H6.C2H6/c1-11-7-9-13(10-8-11)12-5-3-2-4-6-12;1-2-8(9)4-3-5-10-7(8)6-11;1-3-2;1-2/h2-6,11,13H,7-10H2,1H3;7,10-11H,2-6,9H2,1H3;3H,1H2,2H3;1-2H3. The molecule has 2 unspecified atom stereocenters. The fraction of sp³-hybridized carbons (Fsp3) is 0.692. The number of piperidine rings is 1. The molecule has 0 bridgehead atoms. The zero-order chi connectivity index (χ0) is 22.1. The highest BCUT2D eigenvalue weighted by atomic mass is 16.3. The molecule has 29 heavy (non-hydrogen) atoms. The van der Waals surface area contributed by atoms with E-state index in [1.54, 1.807) is 11.6 Å². The molecule has 0 amide bonds. The van der Waals surface area contributed by atoms with E-state index in [1.165, 1.54) is 25.7 Å². The predicted octanol–water partition coefficient (Wildman–Crippen LogP) is 6.04. The number of hydrogen-bond donors (Lipinski definition) is 3. The van der Waals surface area contributed by atoms with Gasteiger partial charge < -0.3 is 16.2 Å². The second-order valence-electron chi connectivity index (χ2n) is 8.16. The van der Waals surface area contributed by atoms with Gasteiger partial charge in [-0.25, -0.2) is 0 Å². The van der Waals surface area contributed by atoms with Gasteiger partial charge in [-0.05, 0) is 63.0 Å². The molecule has 1 aromatic rings. The molecule has 1 heterocycles. The van der Waals surface area contributed by atoms with Crippen LogP contribution in [0.15, 0.2) is 43.0 Å². The minimum atomic E-state index is -0.174. The molecule has 1 saturated heterocycles. The van der Waals surface area contributed by atoms with E-state index in [2.05, 4.69) is 56.1 Å². The number of benzene rings is 1. The first-order chi connectivity index (χ1) is 14.0. The van der Waals surface area contributed by atoms with Crippen LogP contribution >= 0.6 is 0 Å². The second kappa shape index (κ2) is 16.6. The van der Waals surface area contributed by atoms with Crippen LogP contribution in [-0.4, -0.2) is 29.8 Å². The molecule has 2 aliphatic rings. The fourth-order valence-electron chi connectivity index (χ4n) is 4.06. The molecule has 0 radical (unpaired) electrons. The first-order valence-corrected chi connectivity index (χ1v) is 11.8. The topological polar surface area (TPSA) is 58.3 Å². The molecule has 4 N–H and O–H groups in total. The lowest BCUT2D eigenvalue weighted by Gasteiger charge is -2.40. The molecule has 168 valence electrons. The van der Waals surface area contributed by atoms with E-state index >= 15 is 0 Å². The molecule has 1 aliphatic carbocycles. The fourth-order valence-corrected chi connectivity index (χ4v) is 4.06. The maximum absolute atomic E-state index is 9.02. The van der Waals surface area contributed by atoms with Gasteiger partial charge in [0.2, 0.25) is 0 Å². The van der Waals surface area contributed by atoms with Gasteiger partial charge in [0, 0.05) is 11.6 Å². The van der Waals surface area contributed by atoms with Crippen LogP contribution in [0.1, 0.15) is 91.0 Å². The molecule has 1 aliphatic heterocycles. The van der Waals surface area contributed by atoms with E-state index in [0.717, 1.165) is 37.6 Å². The van der Waals surface area contributed by atoms with Crippen molar-refractivity contribution in [2.24, 2.45) is 11.7 Å². The average molecular weight is 405 g/mol. The Bertz CT molecular complexity index is 497. The maximum atomic E-state index is 9.02. The number of allylic oxidation sites excluding steroid dienone is 1. The van der Waals surface area contributed by atoms with Gasteiger partial charge in [-0.3, -0.25) is 0 Å². The molecule has 0 aromatic heterocycles. The Morgan fingerprint density at radius 3 is 2.17 bits per heavy atom. The minimum Gasteiger partial charge on any atom is -0.395 e. The van der Waals surface area contributed by atoms with Crippen LogP contribution in [0.2, 0.25) is 0 Å². The van der Waals surface area contributed by atoms with Crippen molar-refractivity contribution >= 4 is 0 Å². The summed E-state index contributed by atoms with van der Waals surface area (Å²) in [6.45, 7) is 14.9. The van der Waals surface area contributed by atoms with Crippen LogP contribution < -0.4 is 11.1 Å². The number of rotatable bonds is 3. The molecule has 3 rings (SSSR count). The van der Waals surface area contributed by atoms with E-state index < -0.39 is 0 Å². The van der Waals surface area contributed by atoms with Crippen molar-refractivity contribution in [3.8, 4) is 0 Å². The van der Waals surface area contributed by atoms with Crippen molar-refractivity contribution < 1.29 is 5.11 Å². The Balaban J connectivity index is 0.000000448. The number of hydrogen-bond acceptors (Lipinski definition) is 3. The Labute approximate surface area is 181 Å². The monoisotopic (exact) mass is 404 g/mol. The molecule has 0 spiro atoms. The lowest BCUT2D eigenvalue weighted by Crippen LogP contribution is -2.61. The van der Waals surface area contributed by atoms with Gasteiger partial charge in [-0.2, -0.15) is 0 Å². The lowest BCUT2D eigenvalue weighted by atomic mass is 9.79. The summed E-state index contributed by atoms with van der Waals surface area (Å²) in [5, 5.41) is 12.3. The number of aliphatic hydroxyl groups excluding tert-OH is 1. The third kappa shape index (κ3) is 10.4. The molecule has 2 atom stereocenters. The summed E-state index contributed by atoms with van der Waals surface area (Å²) in [5.74, 6) is 1.80. The summed E-state index contributed by atoms with van der Waals surface area (Å²) in [6, 6.07) is 11.1. The van der Waals surface area contributed by atoms with Crippen molar-refractivity contribution in [1.82, 2.24) is 5.32 Å². The minimum absolute atomic E-state index is 0.0984. The zero-order valence-electron chi connectivity index (χ0n) is 19.8.